The lowest BCUT2D eigenvalue weighted by atomic mass is 10.1. The van der Waals surface area contributed by atoms with Crippen molar-refractivity contribution in [3.8, 4) is 0 Å². The molecule has 0 saturated heterocycles. The van der Waals surface area contributed by atoms with Crippen molar-refractivity contribution in [3.63, 3.8) is 0 Å². The molecule has 2 amide bonds. The number of nitrogens with zero attached hydrogens (tertiary/aromatic N) is 2. The fraction of sp³-hybridized carbons (Fsp3) is 0. The molecule has 5 nitrogen and oxygen atoms in total. The second-order valence-corrected chi connectivity index (χ2v) is 4.41. The fourth-order valence-corrected chi connectivity index (χ4v) is 2.18. The van der Waals surface area contributed by atoms with Crippen LogP contribution in [0.15, 0.2) is 34.9 Å². The van der Waals surface area contributed by atoms with Gasteiger partial charge in [0, 0.05) is 0 Å². The van der Waals surface area contributed by atoms with Crippen LogP contribution < -0.4 is 4.90 Å². The van der Waals surface area contributed by atoms with Gasteiger partial charge in [0.25, 0.3) is 11.8 Å². The Hall–Kier alpha value is -1.95. The number of anilines is 1. The van der Waals surface area contributed by atoms with Crippen LogP contribution in [-0.4, -0.2) is 22.0 Å². The lowest BCUT2D eigenvalue weighted by Gasteiger charge is -2.11. The minimum Gasteiger partial charge on any atom is -0.268 e. The number of H-pyrrole nitrogens is 1. The van der Waals surface area contributed by atoms with Crippen LogP contribution >= 0.6 is 15.9 Å². The normalized spacial score (nSPS) is 14.3. The molecule has 1 aliphatic rings. The predicted molar refractivity (Wildman–Crippen MR) is 63.9 cm³/mol. The Balaban J connectivity index is 2.16. The molecule has 0 saturated carbocycles. The number of aromatic nitrogens is 2. The van der Waals surface area contributed by atoms with Crippen LogP contribution in [0.5, 0.6) is 0 Å². The van der Waals surface area contributed by atoms with Gasteiger partial charge in [0.1, 0.15) is 0 Å². The number of aromatic amines is 1. The van der Waals surface area contributed by atoms with Crippen molar-refractivity contribution in [1.82, 2.24) is 10.2 Å². The highest BCUT2D eigenvalue weighted by Crippen LogP contribution is 2.31. The molecule has 0 bridgehead atoms. The first kappa shape index (κ1) is 10.2. The average Bonchev–Trinajstić information content (AvgIpc) is 2.84. The Morgan fingerprint density at radius 2 is 1.71 bits per heavy atom. The van der Waals surface area contributed by atoms with Crippen LogP contribution in [0.4, 0.5) is 5.82 Å². The summed E-state index contributed by atoms with van der Waals surface area (Å²) >= 11 is 3.24. The van der Waals surface area contributed by atoms with E-state index < -0.39 is 0 Å². The summed E-state index contributed by atoms with van der Waals surface area (Å²) in [5.74, 6) is -0.317. The predicted octanol–water partition coefficient (Wildman–Crippen LogP) is 1.97. The third-order valence-electron chi connectivity index (χ3n) is 2.59. The Labute approximate surface area is 105 Å². The van der Waals surface area contributed by atoms with Gasteiger partial charge in [-0.2, -0.15) is 5.10 Å². The first-order chi connectivity index (χ1) is 8.20. The zero-order valence-electron chi connectivity index (χ0n) is 8.48. The quantitative estimate of drug-likeness (QED) is 0.817. The first-order valence-corrected chi connectivity index (χ1v) is 5.66. The van der Waals surface area contributed by atoms with E-state index >= 15 is 0 Å². The van der Waals surface area contributed by atoms with Crippen molar-refractivity contribution in [1.29, 1.82) is 0 Å². The zero-order valence-corrected chi connectivity index (χ0v) is 10.1. The Bertz CT molecular complexity index is 600. The van der Waals surface area contributed by atoms with E-state index in [0.717, 1.165) is 4.90 Å². The number of hydrogen-bond donors (Lipinski definition) is 1. The molecule has 0 aliphatic carbocycles. The second kappa shape index (κ2) is 3.53. The van der Waals surface area contributed by atoms with Crippen molar-refractivity contribution in [2.75, 3.05) is 4.90 Å². The van der Waals surface area contributed by atoms with Crippen LogP contribution in [0.3, 0.4) is 0 Å². The average molecular weight is 292 g/mol. The first-order valence-electron chi connectivity index (χ1n) is 4.87. The third kappa shape index (κ3) is 1.34. The number of benzene rings is 1. The minimum atomic E-state index is -0.337. The monoisotopic (exact) mass is 291 g/mol. The van der Waals surface area contributed by atoms with Crippen LogP contribution in [0.2, 0.25) is 0 Å². The van der Waals surface area contributed by atoms with Gasteiger partial charge >= 0.3 is 0 Å². The second-order valence-electron chi connectivity index (χ2n) is 3.56. The van der Waals surface area contributed by atoms with E-state index in [-0.39, 0.29) is 11.8 Å². The largest absolute Gasteiger partial charge is 0.268 e. The van der Waals surface area contributed by atoms with E-state index in [1.54, 1.807) is 24.3 Å². The smallest absolute Gasteiger partial charge is 0.267 e. The molecular weight excluding hydrogens is 286 g/mol. The summed E-state index contributed by atoms with van der Waals surface area (Å²) in [6.07, 6.45) is 1.50. The molecule has 1 N–H and O–H groups in total. The van der Waals surface area contributed by atoms with E-state index in [1.165, 1.54) is 6.20 Å². The van der Waals surface area contributed by atoms with Gasteiger partial charge in [0.2, 0.25) is 0 Å². The van der Waals surface area contributed by atoms with E-state index in [9.17, 15) is 9.59 Å². The van der Waals surface area contributed by atoms with E-state index in [1.807, 2.05) is 0 Å². The number of carbonyl (C=O) groups is 2. The molecule has 1 aliphatic heterocycles. The lowest BCUT2D eigenvalue weighted by Crippen LogP contribution is -2.30. The van der Waals surface area contributed by atoms with Crippen molar-refractivity contribution in [2.45, 2.75) is 0 Å². The molecule has 2 aromatic rings. The highest BCUT2D eigenvalue weighted by molar-refractivity contribution is 9.10. The van der Waals surface area contributed by atoms with Crippen molar-refractivity contribution < 1.29 is 9.59 Å². The van der Waals surface area contributed by atoms with Gasteiger partial charge < -0.3 is 0 Å². The molecule has 6 heteroatoms. The molecule has 0 radical (unpaired) electrons. The molecule has 0 spiro atoms. The molecule has 84 valence electrons. The van der Waals surface area contributed by atoms with Crippen LogP contribution in [0, 0.1) is 0 Å². The summed E-state index contributed by atoms with van der Waals surface area (Å²) in [4.78, 5) is 25.3. The SMILES string of the molecule is O=C1c2ccccc2C(=O)N1c1[nH]ncc1Br. The number of halogens is 1. The van der Waals surface area contributed by atoms with Gasteiger partial charge in [0.05, 0.1) is 21.8 Å². The van der Waals surface area contributed by atoms with Crippen LogP contribution in [0.25, 0.3) is 0 Å². The van der Waals surface area contributed by atoms with Crippen molar-refractivity contribution in [3.05, 3.63) is 46.1 Å². The molecule has 0 fully saturated rings. The van der Waals surface area contributed by atoms with Crippen molar-refractivity contribution >= 4 is 33.6 Å². The van der Waals surface area contributed by atoms with Gasteiger partial charge in [0.15, 0.2) is 5.82 Å². The molecule has 1 aromatic heterocycles. The number of carbonyl (C=O) groups excluding carboxylic acids is 2. The van der Waals surface area contributed by atoms with E-state index in [0.29, 0.717) is 21.4 Å². The molecule has 0 unspecified atom stereocenters. The van der Waals surface area contributed by atoms with Gasteiger partial charge in [-0.1, -0.05) is 12.1 Å². The maximum absolute atomic E-state index is 12.1. The fourth-order valence-electron chi connectivity index (χ4n) is 1.81. The minimum absolute atomic E-state index is 0.337. The van der Waals surface area contributed by atoms with Gasteiger partial charge in [-0.15, -0.1) is 0 Å². The summed E-state index contributed by atoms with van der Waals surface area (Å²) < 4.78 is 0.576. The molecule has 1 aromatic carbocycles. The topological polar surface area (TPSA) is 66.1 Å². The highest BCUT2D eigenvalue weighted by atomic mass is 79.9. The maximum Gasteiger partial charge on any atom is 0.267 e. The number of nitrogens with one attached hydrogen (secondary N) is 1. The lowest BCUT2D eigenvalue weighted by molar-refractivity contribution is 0.0925. The van der Waals surface area contributed by atoms with Crippen LogP contribution in [0.1, 0.15) is 20.7 Å². The van der Waals surface area contributed by atoms with Crippen molar-refractivity contribution in [2.24, 2.45) is 0 Å². The summed E-state index contributed by atoms with van der Waals surface area (Å²) in [5.41, 5.74) is 0.831. The number of imide groups is 1. The molecule has 3 rings (SSSR count). The molecule has 17 heavy (non-hydrogen) atoms. The molecule has 0 atom stereocenters. The van der Waals surface area contributed by atoms with E-state index in [4.69, 9.17) is 0 Å². The van der Waals surface area contributed by atoms with Gasteiger partial charge in [-0.25, -0.2) is 4.90 Å². The Morgan fingerprint density at radius 3 is 2.18 bits per heavy atom. The summed E-state index contributed by atoms with van der Waals surface area (Å²) in [5, 5.41) is 6.41. The number of amides is 2. The number of rotatable bonds is 1. The Morgan fingerprint density at radius 1 is 1.12 bits per heavy atom. The summed E-state index contributed by atoms with van der Waals surface area (Å²) in [7, 11) is 0. The Kier molecular flexibility index (Phi) is 2.12. The van der Waals surface area contributed by atoms with Crippen LogP contribution in [-0.2, 0) is 0 Å². The maximum atomic E-state index is 12.1. The van der Waals surface area contributed by atoms with E-state index in [2.05, 4.69) is 26.1 Å². The summed E-state index contributed by atoms with van der Waals surface area (Å²) in [6, 6.07) is 6.74. The summed E-state index contributed by atoms with van der Waals surface area (Å²) in [6.45, 7) is 0. The highest BCUT2D eigenvalue weighted by Gasteiger charge is 2.37. The standard InChI is InChI=1S/C11H6BrN3O2/c12-8-5-13-14-9(8)15-10(16)6-3-1-2-4-7(6)11(15)17/h1-5H,(H,13,14). The van der Waals surface area contributed by atoms with Gasteiger partial charge in [-0.05, 0) is 28.1 Å². The zero-order chi connectivity index (χ0) is 12.0. The molecular formula is C11H6BrN3O2. The number of hydrogen-bond acceptors (Lipinski definition) is 3. The third-order valence-corrected chi connectivity index (χ3v) is 3.17. The van der Waals surface area contributed by atoms with Gasteiger partial charge in [-0.3, -0.25) is 14.7 Å². The number of fused-ring (bicyclic) bond motifs is 1. The molecule has 2 heterocycles.